The van der Waals surface area contributed by atoms with E-state index in [0.717, 1.165) is 0 Å². The molecule has 14 nitrogen and oxygen atoms in total. The second kappa shape index (κ2) is 16.2. The number of ether oxygens (including phenoxy) is 3. The van der Waals surface area contributed by atoms with Crippen LogP contribution >= 0.6 is 0 Å². The van der Waals surface area contributed by atoms with Crippen LogP contribution in [0.2, 0.25) is 0 Å². The van der Waals surface area contributed by atoms with Crippen molar-refractivity contribution in [3.8, 4) is 11.5 Å². The van der Waals surface area contributed by atoms with Gasteiger partial charge in [-0.3, -0.25) is 14.5 Å². The molecule has 1 aliphatic rings. The molecular weight excluding hydrogens is 685 g/mol. The standard InChI is InChI=1S/C38H46FN7O7/c1-8-29(42-37(50)53-38(3,4)5)35(48)43-19-21-44(22-20-43)46-33(41-30-12-10-9-11-28(30)34(46)47)24(2)45(31-18-17-27(51-6)23-32(31)52-7)36(49)40-26-15-13-25(39)14-16-26/h9-18,23-24,29H,8,19-22H2,1-7H3,(H,40,49)(H,42,50). The fourth-order valence-electron chi connectivity index (χ4n) is 6.12. The van der Waals surface area contributed by atoms with Crippen LogP contribution in [-0.2, 0) is 9.53 Å². The van der Waals surface area contributed by atoms with Crippen molar-refractivity contribution >= 4 is 40.3 Å². The zero-order valence-electron chi connectivity index (χ0n) is 31.0. The highest BCUT2D eigenvalue weighted by atomic mass is 19.1. The molecule has 282 valence electrons. The van der Waals surface area contributed by atoms with E-state index in [-0.39, 0.29) is 43.5 Å². The van der Waals surface area contributed by atoms with Crippen LogP contribution < -0.4 is 35.6 Å². The van der Waals surface area contributed by atoms with Gasteiger partial charge in [-0.25, -0.2) is 23.6 Å². The summed E-state index contributed by atoms with van der Waals surface area (Å²) in [6, 6.07) is 15.0. The highest BCUT2D eigenvalue weighted by Crippen LogP contribution is 2.37. The first kappa shape index (κ1) is 38.4. The molecular formula is C38H46FN7O7. The summed E-state index contributed by atoms with van der Waals surface area (Å²) in [6.07, 6.45) is -0.316. The number of fused-ring (bicyclic) bond motifs is 1. The number of benzene rings is 3. The summed E-state index contributed by atoms with van der Waals surface area (Å²) in [5, 5.41) is 7.69. The summed E-state index contributed by atoms with van der Waals surface area (Å²) in [4.78, 5) is 62.7. The van der Waals surface area contributed by atoms with Crippen LogP contribution in [-0.4, -0.2) is 84.6 Å². The van der Waals surface area contributed by atoms with Gasteiger partial charge in [-0.1, -0.05) is 19.1 Å². The zero-order chi connectivity index (χ0) is 38.4. The number of alkyl carbamates (subject to hydrolysis) is 1. The van der Waals surface area contributed by atoms with E-state index in [9.17, 15) is 23.6 Å². The number of hydrogen-bond acceptors (Lipinski definition) is 9. The minimum Gasteiger partial charge on any atom is -0.497 e. The number of methoxy groups -OCH3 is 2. The second-order valence-electron chi connectivity index (χ2n) is 13.5. The summed E-state index contributed by atoms with van der Waals surface area (Å²) in [7, 11) is 2.98. The van der Waals surface area contributed by atoms with Crippen LogP contribution in [0.1, 0.15) is 52.9 Å². The Morgan fingerprint density at radius 1 is 0.962 bits per heavy atom. The van der Waals surface area contributed by atoms with E-state index < -0.39 is 35.6 Å². The predicted octanol–water partition coefficient (Wildman–Crippen LogP) is 5.44. The Morgan fingerprint density at radius 3 is 2.26 bits per heavy atom. The molecule has 3 aromatic carbocycles. The average Bonchev–Trinajstić information content (AvgIpc) is 3.14. The van der Waals surface area contributed by atoms with Crippen molar-refractivity contribution in [2.24, 2.45) is 0 Å². The molecule has 2 N–H and O–H groups in total. The van der Waals surface area contributed by atoms with E-state index in [2.05, 4.69) is 10.6 Å². The van der Waals surface area contributed by atoms with Crippen molar-refractivity contribution in [2.75, 3.05) is 55.6 Å². The third kappa shape index (κ3) is 8.79. The fourth-order valence-corrected chi connectivity index (χ4v) is 6.12. The van der Waals surface area contributed by atoms with E-state index in [4.69, 9.17) is 19.2 Å². The first-order valence-corrected chi connectivity index (χ1v) is 17.4. The molecule has 4 aromatic rings. The Labute approximate surface area is 307 Å². The number of piperazine rings is 1. The summed E-state index contributed by atoms with van der Waals surface area (Å²) in [6.45, 7) is 9.80. The maximum atomic E-state index is 14.4. The van der Waals surface area contributed by atoms with Crippen LogP contribution in [0.3, 0.4) is 0 Å². The molecule has 4 amide bonds. The lowest BCUT2D eigenvalue weighted by atomic mass is 10.1. The largest absolute Gasteiger partial charge is 0.497 e. The lowest BCUT2D eigenvalue weighted by Crippen LogP contribution is -2.59. The van der Waals surface area contributed by atoms with E-state index >= 15 is 0 Å². The molecule has 1 aromatic heterocycles. The van der Waals surface area contributed by atoms with Gasteiger partial charge in [0.1, 0.15) is 29.0 Å². The van der Waals surface area contributed by atoms with Crippen molar-refractivity contribution < 1.29 is 33.0 Å². The molecule has 15 heteroatoms. The number of rotatable bonds is 10. The number of para-hydroxylation sites is 1. The molecule has 2 heterocycles. The molecule has 0 radical (unpaired) electrons. The highest BCUT2D eigenvalue weighted by Gasteiger charge is 2.34. The zero-order valence-corrected chi connectivity index (χ0v) is 31.0. The second-order valence-corrected chi connectivity index (χ2v) is 13.5. The number of urea groups is 1. The molecule has 0 spiro atoms. The molecule has 1 fully saturated rings. The van der Waals surface area contributed by atoms with Gasteiger partial charge in [0.2, 0.25) is 5.91 Å². The number of nitrogens with one attached hydrogen (secondary N) is 2. The molecule has 0 aliphatic carbocycles. The van der Waals surface area contributed by atoms with Gasteiger partial charge >= 0.3 is 12.1 Å². The summed E-state index contributed by atoms with van der Waals surface area (Å²) < 4.78 is 31.7. The van der Waals surface area contributed by atoms with E-state index in [1.54, 1.807) is 87.0 Å². The minimum absolute atomic E-state index is 0.249. The van der Waals surface area contributed by atoms with Crippen molar-refractivity contribution in [1.82, 2.24) is 19.9 Å². The van der Waals surface area contributed by atoms with Crippen LogP contribution in [0.5, 0.6) is 11.5 Å². The van der Waals surface area contributed by atoms with Crippen LogP contribution in [0.15, 0.2) is 71.5 Å². The fraction of sp³-hybridized carbons (Fsp3) is 0.395. The van der Waals surface area contributed by atoms with Crippen molar-refractivity contribution in [3.63, 3.8) is 0 Å². The number of nitrogens with zero attached hydrogens (tertiary/aromatic N) is 5. The van der Waals surface area contributed by atoms with E-state index in [0.29, 0.717) is 40.2 Å². The Hall–Kier alpha value is -5.86. The van der Waals surface area contributed by atoms with Crippen molar-refractivity contribution in [1.29, 1.82) is 0 Å². The number of amides is 4. The van der Waals surface area contributed by atoms with Gasteiger partial charge in [0.05, 0.1) is 49.9 Å². The van der Waals surface area contributed by atoms with Crippen LogP contribution in [0, 0.1) is 5.82 Å². The molecule has 1 aliphatic heterocycles. The molecule has 0 bridgehead atoms. The van der Waals surface area contributed by atoms with Gasteiger partial charge in [-0.15, -0.1) is 0 Å². The number of hydrogen-bond donors (Lipinski definition) is 2. The maximum Gasteiger partial charge on any atom is 0.408 e. The summed E-state index contributed by atoms with van der Waals surface area (Å²) in [5.74, 6) is 0.347. The monoisotopic (exact) mass is 731 g/mol. The number of carbonyl (C=O) groups is 3. The minimum atomic E-state index is -0.891. The topological polar surface area (TPSA) is 148 Å². The number of anilines is 2. The summed E-state index contributed by atoms with van der Waals surface area (Å²) in [5.41, 5.74) is 0.0629. The van der Waals surface area contributed by atoms with Crippen LogP contribution in [0.4, 0.5) is 25.4 Å². The average molecular weight is 732 g/mol. The van der Waals surface area contributed by atoms with Gasteiger partial charge < -0.3 is 34.8 Å². The SMILES string of the molecule is CCC(NC(=O)OC(C)(C)C)C(=O)N1CCN(n2c(C(C)N(C(=O)Nc3ccc(F)cc3)c3ccc(OC)cc3OC)nc3ccccc3c2=O)CC1. The Balaban J connectivity index is 1.52. The van der Waals surface area contributed by atoms with Crippen LogP contribution in [0.25, 0.3) is 10.9 Å². The lowest BCUT2D eigenvalue weighted by molar-refractivity contribution is -0.134. The van der Waals surface area contributed by atoms with Gasteiger partial charge in [0.25, 0.3) is 5.56 Å². The van der Waals surface area contributed by atoms with Crippen molar-refractivity contribution in [2.45, 2.75) is 58.7 Å². The number of carbonyl (C=O) groups excluding carboxylic acids is 3. The first-order chi connectivity index (χ1) is 25.2. The Morgan fingerprint density at radius 2 is 1.64 bits per heavy atom. The van der Waals surface area contributed by atoms with E-state index in [1.807, 2.05) is 0 Å². The predicted molar refractivity (Wildman–Crippen MR) is 200 cm³/mol. The Kier molecular flexibility index (Phi) is 11.7. The normalized spacial score (nSPS) is 14.3. The maximum absolute atomic E-state index is 14.4. The first-order valence-electron chi connectivity index (χ1n) is 17.4. The van der Waals surface area contributed by atoms with Gasteiger partial charge in [0.15, 0.2) is 5.82 Å². The van der Waals surface area contributed by atoms with Gasteiger partial charge in [-0.2, -0.15) is 0 Å². The Bertz CT molecular complexity index is 2010. The third-order valence-corrected chi connectivity index (χ3v) is 8.75. The molecule has 2 unspecified atom stereocenters. The number of aromatic nitrogens is 2. The molecule has 53 heavy (non-hydrogen) atoms. The highest BCUT2D eigenvalue weighted by molar-refractivity contribution is 6.03. The lowest BCUT2D eigenvalue weighted by Gasteiger charge is -2.40. The molecule has 1 saturated heterocycles. The molecule has 2 atom stereocenters. The van der Waals surface area contributed by atoms with E-state index in [1.165, 1.54) is 48.1 Å². The smallest absolute Gasteiger partial charge is 0.408 e. The van der Waals surface area contributed by atoms with Gasteiger partial charge in [0, 0.05) is 24.8 Å². The molecule has 0 saturated carbocycles. The molecule has 5 rings (SSSR count). The third-order valence-electron chi connectivity index (χ3n) is 8.75. The summed E-state index contributed by atoms with van der Waals surface area (Å²) >= 11 is 0. The quantitative estimate of drug-likeness (QED) is 0.218. The van der Waals surface area contributed by atoms with Gasteiger partial charge in [-0.05, 0) is 82.6 Å². The number of halogens is 1. The van der Waals surface area contributed by atoms with Crippen molar-refractivity contribution in [3.05, 3.63) is 88.7 Å².